The summed E-state index contributed by atoms with van der Waals surface area (Å²) in [5.41, 5.74) is 0.0155. The van der Waals surface area contributed by atoms with Gasteiger partial charge >= 0.3 is 11.9 Å². The molecule has 122 valence electrons. The molecule has 1 aromatic rings. The summed E-state index contributed by atoms with van der Waals surface area (Å²) in [6.07, 6.45) is 0. The molecule has 0 aromatic heterocycles. The number of sulfonamides is 1. The number of methoxy groups -OCH3 is 1. The van der Waals surface area contributed by atoms with Gasteiger partial charge in [0.15, 0.2) is 0 Å². The number of hydrogen-bond acceptors (Lipinski definition) is 5. The molecular weight excluding hydrogens is 334 g/mol. The first-order chi connectivity index (χ1) is 10.1. The summed E-state index contributed by atoms with van der Waals surface area (Å²) in [6, 6.07) is 2.15. The van der Waals surface area contributed by atoms with E-state index in [0.717, 1.165) is 12.1 Å². The van der Waals surface area contributed by atoms with Gasteiger partial charge in [-0.25, -0.2) is 13.2 Å². The van der Waals surface area contributed by atoms with Crippen LogP contribution in [-0.2, 0) is 19.6 Å². The molecule has 0 spiro atoms. The van der Waals surface area contributed by atoms with Crippen molar-refractivity contribution < 1.29 is 27.9 Å². The van der Waals surface area contributed by atoms with Crippen LogP contribution in [0.2, 0.25) is 5.02 Å². The van der Waals surface area contributed by atoms with Crippen molar-refractivity contribution >= 4 is 33.6 Å². The van der Waals surface area contributed by atoms with Gasteiger partial charge < -0.3 is 9.84 Å². The zero-order valence-corrected chi connectivity index (χ0v) is 13.7. The Bertz CT molecular complexity index is 686. The Balaban J connectivity index is 3.16. The zero-order chi connectivity index (χ0) is 17.1. The van der Waals surface area contributed by atoms with E-state index >= 15 is 0 Å². The summed E-state index contributed by atoms with van der Waals surface area (Å²) in [4.78, 5) is 22.2. The van der Waals surface area contributed by atoms with Crippen molar-refractivity contribution in [1.82, 2.24) is 4.72 Å². The van der Waals surface area contributed by atoms with Crippen molar-refractivity contribution in [3.63, 3.8) is 0 Å². The molecule has 0 aliphatic rings. The second-order valence-electron chi connectivity index (χ2n) is 4.81. The van der Waals surface area contributed by atoms with Crippen LogP contribution in [0.3, 0.4) is 0 Å². The van der Waals surface area contributed by atoms with Gasteiger partial charge in [0, 0.05) is 0 Å². The quantitative estimate of drug-likeness (QED) is 0.753. The van der Waals surface area contributed by atoms with E-state index < -0.39 is 33.9 Å². The molecule has 0 heterocycles. The van der Waals surface area contributed by atoms with Gasteiger partial charge in [-0.2, -0.15) is 4.72 Å². The van der Waals surface area contributed by atoms with Crippen LogP contribution >= 0.6 is 11.6 Å². The van der Waals surface area contributed by atoms with Crippen LogP contribution in [0.4, 0.5) is 0 Å². The van der Waals surface area contributed by atoms with E-state index in [0.29, 0.717) is 0 Å². The summed E-state index contributed by atoms with van der Waals surface area (Å²) < 4.78 is 31.0. The van der Waals surface area contributed by atoms with Crippen LogP contribution in [0.1, 0.15) is 24.2 Å². The smallest absolute Gasteiger partial charge is 0.339 e. The Morgan fingerprint density at radius 3 is 2.32 bits per heavy atom. The zero-order valence-electron chi connectivity index (χ0n) is 12.2. The molecule has 0 fully saturated rings. The van der Waals surface area contributed by atoms with E-state index in [1.165, 1.54) is 13.2 Å². The molecule has 0 aliphatic carbocycles. The summed E-state index contributed by atoms with van der Waals surface area (Å²) in [6.45, 7) is 3.16. The molecule has 0 bridgehead atoms. The minimum absolute atomic E-state index is 0.0155. The molecule has 0 unspecified atom stereocenters. The maximum atomic E-state index is 12.2. The highest BCUT2D eigenvalue weighted by molar-refractivity contribution is 7.89. The number of hydrogen-bond donors (Lipinski definition) is 2. The van der Waals surface area contributed by atoms with Crippen LogP contribution < -0.4 is 4.72 Å². The molecule has 22 heavy (non-hydrogen) atoms. The predicted octanol–water partition coefficient (Wildman–Crippen LogP) is 1.51. The van der Waals surface area contributed by atoms with Crippen molar-refractivity contribution in [2.75, 3.05) is 7.11 Å². The molecule has 0 radical (unpaired) electrons. The third kappa shape index (κ3) is 4.19. The summed E-state index contributed by atoms with van der Waals surface area (Å²) in [5, 5.41) is 8.94. The largest absolute Gasteiger partial charge is 0.480 e. The standard InChI is InChI=1S/C13H16ClNO6S/c1-7(2)11(12(16)17)15-22(19,20)8-4-5-9(10(14)6-8)13(18)21-3/h4-7,11,15H,1-3H3,(H,16,17)/t11-/m0/s1. The summed E-state index contributed by atoms with van der Waals surface area (Å²) >= 11 is 5.86. The van der Waals surface area contributed by atoms with E-state index in [1.807, 2.05) is 0 Å². The number of nitrogens with one attached hydrogen (secondary N) is 1. The lowest BCUT2D eigenvalue weighted by Crippen LogP contribution is -2.44. The topological polar surface area (TPSA) is 110 Å². The first-order valence-electron chi connectivity index (χ1n) is 6.23. The number of aliphatic carboxylic acids is 1. The number of carboxylic acid groups (broad SMARTS) is 1. The van der Waals surface area contributed by atoms with E-state index in [1.54, 1.807) is 13.8 Å². The van der Waals surface area contributed by atoms with E-state index in [9.17, 15) is 18.0 Å². The number of halogens is 1. The minimum atomic E-state index is -4.09. The molecule has 9 heteroatoms. The lowest BCUT2D eigenvalue weighted by Gasteiger charge is -2.18. The molecule has 0 aliphatic heterocycles. The second kappa shape index (κ2) is 7.08. The number of ether oxygens (including phenoxy) is 1. The number of benzene rings is 1. The Hall–Kier alpha value is -1.64. The monoisotopic (exact) mass is 349 g/mol. The fourth-order valence-corrected chi connectivity index (χ4v) is 3.33. The Labute approximate surface area is 133 Å². The Morgan fingerprint density at radius 2 is 1.91 bits per heavy atom. The molecule has 0 saturated carbocycles. The number of carbonyl (C=O) groups excluding carboxylic acids is 1. The van der Waals surface area contributed by atoms with Gasteiger partial charge in [-0.3, -0.25) is 4.79 Å². The Kier molecular flexibility index (Phi) is 5.92. The van der Waals surface area contributed by atoms with Gasteiger partial charge in [0.1, 0.15) is 6.04 Å². The second-order valence-corrected chi connectivity index (χ2v) is 6.94. The first kappa shape index (κ1) is 18.4. The van der Waals surface area contributed by atoms with Crippen LogP contribution in [0.5, 0.6) is 0 Å². The molecule has 7 nitrogen and oxygen atoms in total. The van der Waals surface area contributed by atoms with E-state index in [4.69, 9.17) is 16.7 Å². The highest BCUT2D eigenvalue weighted by Gasteiger charge is 2.28. The van der Waals surface area contributed by atoms with Crippen molar-refractivity contribution in [3.05, 3.63) is 28.8 Å². The summed E-state index contributed by atoms with van der Waals surface area (Å²) in [7, 11) is -2.92. The highest BCUT2D eigenvalue weighted by Crippen LogP contribution is 2.22. The van der Waals surface area contributed by atoms with Gasteiger partial charge in [-0.05, 0) is 24.1 Å². The average molecular weight is 350 g/mol. The predicted molar refractivity (Wildman–Crippen MR) is 79.4 cm³/mol. The van der Waals surface area contributed by atoms with Crippen LogP contribution in [0, 0.1) is 5.92 Å². The number of rotatable bonds is 6. The Morgan fingerprint density at radius 1 is 1.32 bits per heavy atom. The van der Waals surface area contributed by atoms with E-state index in [2.05, 4.69) is 9.46 Å². The first-order valence-corrected chi connectivity index (χ1v) is 8.09. The maximum absolute atomic E-state index is 12.2. The van der Waals surface area contributed by atoms with Crippen molar-refractivity contribution in [3.8, 4) is 0 Å². The molecule has 0 saturated heterocycles. The summed E-state index contributed by atoms with van der Waals surface area (Å²) in [5.74, 6) is -2.43. The third-order valence-electron chi connectivity index (χ3n) is 2.87. The average Bonchev–Trinajstić information content (AvgIpc) is 2.43. The van der Waals surface area contributed by atoms with Crippen LogP contribution in [0.25, 0.3) is 0 Å². The van der Waals surface area contributed by atoms with Gasteiger partial charge in [0.25, 0.3) is 0 Å². The van der Waals surface area contributed by atoms with Gasteiger partial charge in [0.05, 0.1) is 22.6 Å². The van der Waals surface area contributed by atoms with E-state index in [-0.39, 0.29) is 15.5 Å². The number of carboxylic acids is 1. The highest BCUT2D eigenvalue weighted by atomic mass is 35.5. The minimum Gasteiger partial charge on any atom is -0.480 e. The normalized spacial score (nSPS) is 13.0. The lowest BCUT2D eigenvalue weighted by atomic mass is 10.1. The fraction of sp³-hybridized carbons (Fsp3) is 0.385. The molecule has 0 amide bonds. The SMILES string of the molecule is COC(=O)c1ccc(S(=O)(=O)N[C@H](C(=O)O)C(C)C)cc1Cl. The molecule has 1 atom stereocenters. The number of carbonyl (C=O) groups is 2. The van der Waals surface area contributed by atoms with Gasteiger partial charge in [-0.1, -0.05) is 25.4 Å². The molecule has 2 N–H and O–H groups in total. The van der Waals surface area contributed by atoms with Gasteiger partial charge in [0.2, 0.25) is 10.0 Å². The van der Waals surface area contributed by atoms with Crippen LogP contribution in [-0.4, -0.2) is 38.6 Å². The number of esters is 1. The van der Waals surface area contributed by atoms with Crippen LogP contribution in [0.15, 0.2) is 23.1 Å². The van der Waals surface area contributed by atoms with Crippen molar-refractivity contribution in [1.29, 1.82) is 0 Å². The molecular formula is C13H16ClNO6S. The van der Waals surface area contributed by atoms with Crippen molar-refractivity contribution in [2.45, 2.75) is 24.8 Å². The molecule has 1 aromatic carbocycles. The maximum Gasteiger partial charge on any atom is 0.339 e. The lowest BCUT2D eigenvalue weighted by molar-refractivity contribution is -0.140. The molecule has 1 rings (SSSR count). The van der Waals surface area contributed by atoms with Crippen molar-refractivity contribution in [2.24, 2.45) is 5.92 Å². The van der Waals surface area contributed by atoms with Gasteiger partial charge in [-0.15, -0.1) is 0 Å². The fourth-order valence-electron chi connectivity index (χ4n) is 1.65. The third-order valence-corrected chi connectivity index (χ3v) is 4.62.